The molecule has 0 saturated carbocycles. The van der Waals surface area contributed by atoms with Gasteiger partial charge in [-0.2, -0.15) is 0 Å². The van der Waals surface area contributed by atoms with Crippen molar-refractivity contribution in [1.29, 1.82) is 0 Å². The Morgan fingerprint density at radius 3 is 2.55 bits per heavy atom. The number of nitro groups is 1. The number of methoxy groups -OCH3 is 1. The van der Waals surface area contributed by atoms with Crippen molar-refractivity contribution in [2.24, 2.45) is 5.92 Å². The molecule has 0 radical (unpaired) electrons. The van der Waals surface area contributed by atoms with Crippen molar-refractivity contribution >= 4 is 40.8 Å². The van der Waals surface area contributed by atoms with E-state index in [1.165, 1.54) is 13.2 Å². The lowest BCUT2D eigenvalue weighted by atomic mass is 10.1. The van der Waals surface area contributed by atoms with E-state index in [-0.39, 0.29) is 22.2 Å². The highest BCUT2D eigenvalue weighted by atomic mass is 35.5. The first-order valence-electron chi connectivity index (χ1n) is 6.31. The molecule has 0 aliphatic rings. The Kier molecular flexibility index (Phi) is 6.58. The van der Waals surface area contributed by atoms with Crippen LogP contribution in [0.2, 0.25) is 10.0 Å². The van der Waals surface area contributed by atoms with Gasteiger partial charge in [-0.1, -0.05) is 30.1 Å². The smallest absolute Gasteiger partial charge is 0.310 e. The van der Waals surface area contributed by atoms with E-state index >= 15 is 0 Å². The van der Waals surface area contributed by atoms with Gasteiger partial charge in [0.2, 0.25) is 0 Å². The Bertz CT molecular complexity index is 606. The van der Waals surface area contributed by atoms with E-state index in [0.29, 0.717) is 6.42 Å². The highest BCUT2D eigenvalue weighted by molar-refractivity contribution is 6.37. The van der Waals surface area contributed by atoms with E-state index in [4.69, 9.17) is 23.2 Å². The number of esters is 1. The minimum absolute atomic E-state index is 0.0106. The van der Waals surface area contributed by atoms with Crippen LogP contribution in [-0.2, 0) is 9.53 Å². The molecule has 1 aromatic rings. The Morgan fingerprint density at radius 1 is 1.41 bits per heavy atom. The van der Waals surface area contributed by atoms with Crippen LogP contribution >= 0.6 is 23.2 Å². The standard InChI is InChI=1S/C13H14Cl2N2O5/c1-3-7(13(19)22-2)6-16-12(18)9-4-8(14)5-10(15)11(9)17(20)21/h4-5,7H,3,6H2,1-2H3,(H,16,18). The zero-order chi connectivity index (χ0) is 16.9. The summed E-state index contributed by atoms with van der Waals surface area (Å²) in [5, 5.41) is 13.3. The van der Waals surface area contributed by atoms with Gasteiger partial charge in [0.15, 0.2) is 0 Å². The number of nitrogens with zero attached hydrogens (tertiary/aromatic N) is 1. The SMILES string of the molecule is CCC(CNC(=O)c1cc(Cl)cc(Cl)c1[N+](=O)[O-])C(=O)OC. The van der Waals surface area contributed by atoms with Crippen LogP contribution in [0.5, 0.6) is 0 Å². The van der Waals surface area contributed by atoms with Crippen molar-refractivity contribution in [3.05, 3.63) is 37.9 Å². The summed E-state index contributed by atoms with van der Waals surface area (Å²) < 4.78 is 4.60. The second-order valence-electron chi connectivity index (χ2n) is 4.38. The second kappa shape index (κ2) is 7.95. The van der Waals surface area contributed by atoms with Crippen molar-refractivity contribution < 1.29 is 19.2 Å². The first kappa shape index (κ1) is 18.2. The predicted octanol–water partition coefficient (Wildman–Crippen LogP) is 2.83. The fraction of sp³-hybridized carbons (Fsp3) is 0.385. The Hall–Kier alpha value is -1.86. The average Bonchev–Trinajstić information content (AvgIpc) is 2.45. The molecule has 0 saturated heterocycles. The zero-order valence-corrected chi connectivity index (χ0v) is 13.4. The Morgan fingerprint density at radius 2 is 2.05 bits per heavy atom. The molecule has 0 aliphatic heterocycles. The molecule has 1 aromatic carbocycles. The molecule has 7 nitrogen and oxygen atoms in total. The van der Waals surface area contributed by atoms with E-state index in [0.717, 1.165) is 6.07 Å². The molecule has 0 bridgehead atoms. The van der Waals surface area contributed by atoms with Crippen molar-refractivity contribution in [2.45, 2.75) is 13.3 Å². The van der Waals surface area contributed by atoms with Gasteiger partial charge in [0.05, 0.1) is 18.0 Å². The lowest BCUT2D eigenvalue weighted by Gasteiger charge is -2.13. The molecular weight excluding hydrogens is 335 g/mol. The first-order chi connectivity index (χ1) is 10.3. The molecule has 1 rings (SSSR count). The van der Waals surface area contributed by atoms with Crippen molar-refractivity contribution in [2.75, 3.05) is 13.7 Å². The van der Waals surface area contributed by atoms with Crippen LogP contribution in [0.3, 0.4) is 0 Å². The molecule has 9 heteroatoms. The fourth-order valence-electron chi connectivity index (χ4n) is 1.80. The number of benzene rings is 1. The van der Waals surface area contributed by atoms with Crippen molar-refractivity contribution in [3.8, 4) is 0 Å². The molecule has 22 heavy (non-hydrogen) atoms. The van der Waals surface area contributed by atoms with Crippen LogP contribution in [0.4, 0.5) is 5.69 Å². The third-order valence-corrected chi connectivity index (χ3v) is 3.50. The number of hydrogen-bond donors (Lipinski definition) is 1. The molecule has 120 valence electrons. The quantitative estimate of drug-likeness (QED) is 0.484. The third kappa shape index (κ3) is 4.32. The number of nitrogens with one attached hydrogen (secondary N) is 1. The van der Waals surface area contributed by atoms with Gasteiger partial charge in [-0.15, -0.1) is 0 Å². The van der Waals surface area contributed by atoms with Crippen LogP contribution in [-0.4, -0.2) is 30.5 Å². The van der Waals surface area contributed by atoms with E-state index in [1.807, 2.05) is 0 Å². The number of carbonyl (C=O) groups excluding carboxylic acids is 2. The van der Waals surface area contributed by atoms with Crippen molar-refractivity contribution in [1.82, 2.24) is 5.32 Å². The summed E-state index contributed by atoms with van der Waals surface area (Å²) in [5.74, 6) is -1.75. The topological polar surface area (TPSA) is 98.5 Å². The summed E-state index contributed by atoms with van der Waals surface area (Å²) in [5.41, 5.74) is -0.795. The number of rotatable bonds is 6. The van der Waals surface area contributed by atoms with Crippen LogP contribution in [0.25, 0.3) is 0 Å². The van der Waals surface area contributed by atoms with Crippen LogP contribution in [0, 0.1) is 16.0 Å². The van der Waals surface area contributed by atoms with Crippen LogP contribution in [0.15, 0.2) is 12.1 Å². The Labute approximate surface area is 136 Å². The molecule has 0 heterocycles. The predicted molar refractivity (Wildman–Crippen MR) is 81.2 cm³/mol. The minimum Gasteiger partial charge on any atom is -0.469 e. The highest BCUT2D eigenvalue weighted by Gasteiger charge is 2.26. The first-order valence-corrected chi connectivity index (χ1v) is 7.06. The maximum atomic E-state index is 12.1. The summed E-state index contributed by atoms with van der Waals surface area (Å²) in [7, 11) is 1.24. The maximum absolute atomic E-state index is 12.1. The summed E-state index contributed by atoms with van der Waals surface area (Å²) in [6.07, 6.45) is 0.450. The van der Waals surface area contributed by atoms with Crippen LogP contribution < -0.4 is 5.32 Å². The molecule has 0 spiro atoms. The van der Waals surface area contributed by atoms with E-state index in [9.17, 15) is 19.7 Å². The van der Waals surface area contributed by atoms with Gasteiger partial charge in [-0.3, -0.25) is 19.7 Å². The third-order valence-electron chi connectivity index (χ3n) is 2.99. The lowest BCUT2D eigenvalue weighted by molar-refractivity contribution is -0.385. The van der Waals surface area contributed by atoms with E-state index in [2.05, 4.69) is 10.1 Å². The van der Waals surface area contributed by atoms with Gasteiger partial charge < -0.3 is 10.1 Å². The minimum atomic E-state index is -0.759. The van der Waals surface area contributed by atoms with Gasteiger partial charge in [0.25, 0.3) is 5.91 Å². The van der Waals surface area contributed by atoms with Crippen LogP contribution in [0.1, 0.15) is 23.7 Å². The number of ether oxygens (including phenoxy) is 1. The van der Waals surface area contributed by atoms with Gasteiger partial charge in [-0.25, -0.2) is 0 Å². The fourth-order valence-corrected chi connectivity index (χ4v) is 2.36. The molecule has 0 fully saturated rings. The highest BCUT2D eigenvalue weighted by Crippen LogP contribution is 2.31. The monoisotopic (exact) mass is 348 g/mol. The summed E-state index contributed by atoms with van der Waals surface area (Å²) in [4.78, 5) is 33.8. The molecule has 0 aromatic heterocycles. The van der Waals surface area contributed by atoms with Crippen molar-refractivity contribution in [3.63, 3.8) is 0 Å². The molecule has 1 unspecified atom stereocenters. The Balaban J connectivity index is 2.99. The van der Waals surface area contributed by atoms with Gasteiger partial charge in [-0.05, 0) is 18.6 Å². The summed E-state index contributed by atoms with van der Waals surface area (Å²) in [6.45, 7) is 1.75. The number of halogens is 2. The summed E-state index contributed by atoms with van der Waals surface area (Å²) >= 11 is 11.5. The number of hydrogen-bond acceptors (Lipinski definition) is 5. The zero-order valence-electron chi connectivity index (χ0n) is 11.9. The normalized spacial score (nSPS) is 11.6. The van der Waals surface area contributed by atoms with E-state index < -0.39 is 28.4 Å². The number of nitro benzene ring substituents is 1. The molecule has 0 aliphatic carbocycles. The number of amides is 1. The molecule has 1 amide bonds. The molecular formula is C13H14Cl2N2O5. The molecule has 1 atom stereocenters. The van der Waals surface area contributed by atoms with Gasteiger partial charge in [0.1, 0.15) is 10.6 Å². The second-order valence-corrected chi connectivity index (χ2v) is 5.22. The summed E-state index contributed by atoms with van der Waals surface area (Å²) in [6, 6.07) is 2.33. The lowest BCUT2D eigenvalue weighted by Crippen LogP contribution is -2.33. The number of carbonyl (C=O) groups is 2. The molecule has 1 N–H and O–H groups in total. The van der Waals surface area contributed by atoms with Gasteiger partial charge >= 0.3 is 11.7 Å². The van der Waals surface area contributed by atoms with E-state index in [1.54, 1.807) is 6.92 Å². The largest absolute Gasteiger partial charge is 0.469 e. The maximum Gasteiger partial charge on any atom is 0.310 e. The average molecular weight is 349 g/mol. The van der Waals surface area contributed by atoms with Gasteiger partial charge in [0, 0.05) is 11.6 Å².